The van der Waals surface area contributed by atoms with Crippen LogP contribution in [0.4, 0.5) is 0 Å². The Hall–Kier alpha value is -1.49. The van der Waals surface area contributed by atoms with Gasteiger partial charge < -0.3 is 10.0 Å². The van der Waals surface area contributed by atoms with Gasteiger partial charge in [0.15, 0.2) is 0 Å². The van der Waals surface area contributed by atoms with E-state index in [-0.39, 0.29) is 18.4 Å². The maximum Gasteiger partial charge on any atom is 0.255 e. The molecule has 5 heteroatoms. The number of rotatable bonds is 2. The highest BCUT2D eigenvalue weighted by molar-refractivity contribution is 5.94. The van der Waals surface area contributed by atoms with Gasteiger partial charge in [0.1, 0.15) is 0 Å². The predicted molar refractivity (Wildman–Crippen MR) is 48.5 cm³/mol. The van der Waals surface area contributed by atoms with Gasteiger partial charge in [0, 0.05) is 25.6 Å². The molecular weight excluding hydrogens is 182 g/mol. The number of hydrogen-bond donors (Lipinski definition) is 1. The van der Waals surface area contributed by atoms with E-state index in [4.69, 9.17) is 5.11 Å². The summed E-state index contributed by atoms with van der Waals surface area (Å²) >= 11 is 0. The maximum atomic E-state index is 11.7. The van der Waals surface area contributed by atoms with E-state index in [1.165, 1.54) is 12.4 Å². The van der Waals surface area contributed by atoms with Crippen LogP contribution >= 0.6 is 0 Å². The van der Waals surface area contributed by atoms with E-state index in [0.717, 1.165) is 0 Å². The fourth-order valence-corrected chi connectivity index (χ4v) is 1.45. The quantitative estimate of drug-likeness (QED) is 0.690. The normalized spacial score (nSPS) is 16.5. The van der Waals surface area contributed by atoms with E-state index in [1.54, 1.807) is 11.0 Å². The Morgan fingerprint density at radius 1 is 1.57 bits per heavy atom. The number of nitrogens with zero attached hydrogens (tertiary/aromatic N) is 3. The molecule has 0 aliphatic carbocycles. The average molecular weight is 193 g/mol. The monoisotopic (exact) mass is 193 g/mol. The molecule has 1 aliphatic rings. The molecule has 1 fully saturated rings. The van der Waals surface area contributed by atoms with Crippen molar-refractivity contribution in [1.82, 2.24) is 15.1 Å². The van der Waals surface area contributed by atoms with E-state index in [9.17, 15) is 4.79 Å². The molecule has 1 amide bonds. The first-order valence-corrected chi connectivity index (χ1v) is 4.48. The van der Waals surface area contributed by atoms with Crippen molar-refractivity contribution in [3.8, 4) is 0 Å². The minimum atomic E-state index is -0.0374. The lowest BCUT2D eigenvalue weighted by Crippen LogP contribution is -2.51. The van der Waals surface area contributed by atoms with Gasteiger partial charge in [-0.25, -0.2) is 0 Å². The molecule has 1 aromatic heterocycles. The Kier molecular flexibility index (Phi) is 2.41. The van der Waals surface area contributed by atoms with Crippen molar-refractivity contribution >= 4 is 5.91 Å². The number of carbonyl (C=O) groups excluding carboxylic acids is 1. The largest absolute Gasteiger partial charge is 0.396 e. The highest BCUT2D eigenvalue weighted by Crippen LogP contribution is 2.17. The summed E-state index contributed by atoms with van der Waals surface area (Å²) in [6, 6.07) is 1.64. The fourth-order valence-electron chi connectivity index (χ4n) is 1.45. The minimum absolute atomic E-state index is 0.0374. The molecule has 74 valence electrons. The zero-order valence-electron chi connectivity index (χ0n) is 7.63. The maximum absolute atomic E-state index is 11.7. The Balaban J connectivity index is 1.98. The molecule has 0 aromatic carbocycles. The van der Waals surface area contributed by atoms with Gasteiger partial charge >= 0.3 is 0 Å². The number of carbonyl (C=O) groups is 1. The molecule has 1 saturated heterocycles. The highest BCUT2D eigenvalue weighted by atomic mass is 16.3. The van der Waals surface area contributed by atoms with Gasteiger partial charge in [-0.3, -0.25) is 4.79 Å². The number of aromatic nitrogens is 2. The van der Waals surface area contributed by atoms with Crippen LogP contribution in [0.3, 0.4) is 0 Å². The van der Waals surface area contributed by atoms with Crippen molar-refractivity contribution in [1.29, 1.82) is 0 Å². The topological polar surface area (TPSA) is 66.3 Å². The smallest absolute Gasteiger partial charge is 0.255 e. The van der Waals surface area contributed by atoms with E-state index >= 15 is 0 Å². The molecule has 5 nitrogen and oxygen atoms in total. The van der Waals surface area contributed by atoms with Crippen LogP contribution in [0.5, 0.6) is 0 Å². The Morgan fingerprint density at radius 2 is 2.36 bits per heavy atom. The van der Waals surface area contributed by atoms with Crippen LogP contribution in [0, 0.1) is 5.92 Å². The summed E-state index contributed by atoms with van der Waals surface area (Å²) in [6.07, 6.45) is 2.95. The summed E-state index contributed by atoms with van der Waals surface area (Å²) < 4.78 is 0. The summed E-state index contributed by atoms with van der Waals surface area (Å²) in [6.45, 7) is 1.42. The zero-order valence-corrected chi connectivity index (χ0v) is 7.63. The Labute approximate surface area is 81.4 Å². The third-order valence-electron chi connectivity index (χ3n) is 2.33. The molecule has 2 rings (SSSR count). The summed E-state index contributed by atoms with van der Waals surface area (Å²) in [4.78, 5) is 13.4. The predicted octanol–water partition coefficient (Wildman–Crippen LogP) is -0.459. The van der Waals surface area contributed by atoms with Crippen molar-refractivity contribution < 1.29 is 9.90 Å². The Bertz CT molecular complexity index is 322. The van der Waals surface area contributed by atoms with Crippen LogP contribution < -0.4 is 0 Å². The van der Waals surface area contributed by atoms with Crippen LogP contribution in [0.2, 0.25) is 0 Å². The lowest BCUT2D eigenvalue weighted by molar-refractivity contribution is 0.0361. The Morgan fingerprint density at radius 3 is 2.93 bits per heavy atom. The van der Waals surface area contributed by atoms with Crippen molar-refractivity contribution in [3.63, 3.8) is 0 Å². The van der Waals surface area contributed by atoms with Crippen LogP contribution in [-0.2, 0) is 0 Å². The third-order valence-corrected chi connectivity index (χ3v) is 2.33. The van der Waals surface area contributed by atoms with Crippen molar-refractivity contribution in [2.24, 2.45) is 5.92 Å². The van der Waals surface area contributed by atoms with Crippen molar-refractivity contribution in [2.45, 2.75) is 0 Å². The molecular formula is C9H11N3O2. The average Bonchev–Trinajstić information content (AvgIpc) is 2.17. The minimum Gasteiger partial charge on any atom is -0.396 e. The fraction of sp³-hybridized carbons (Fsp3) is 0.444. The summed E-state index contributed by atoms with van der Waals surface area (Å²) in [5.41, 5.74) is 0.552. The molecule has 14 heavy (non-hydrogen) atoms. The van der Waals surface area contributed by atoms with Gasteiger partial charge in [0.05, 0.1) is 18.0 Å². The van der Waals surface area contributed by atoms with Crippen LogP contribution in [-0.4, -0.2) is 45.8 Å². The molecule has 0 saturated carbocycles. The second-order valence-electron chi connectivity index (χ2n) is 3.39. The third kappa shape index (κ3) is 1.58. The lowest BCUT2D eigenvalue weighted by atomic mass is 10.0. The van der Waals surface area contributed by atoms with Gasteiger partial charge in [-0.1, -0.05) is 0 Å². The standard InChI is InChI=1S/C9H11N3O2/c13-6-7-4-12(5-7)9(14)8-1-2-10-11-3-8/h1-3,7,13H,4-6H2. The second-order valence-corrected chi connectivity index (χ2v) is 3.39. The summed E-state index contributed by atoms with van der Waals surface area (Å²) in [5, 5.41) is 16.0. The van der Waals surface area contributed by atoms with Crippen LogP contribution in [0.1, 0.15) is 10.4 Å². The molecule has 0 radical (unpaired) electrons. The molecule has 1 N–H and O–H groups in total. The molecule has 1 aromatic rings. The first-order chi connectivity index (χ1) is 6.81. The van der Waals surface area contributed by atoms with Crippen molar-refractivity contribution in [2.75, 3.05) is 19.7 Å². The van der Waals surface area contributed by atoms with Crippen molar-refractivity contribution in [3.05, 3.63) is 24.0 Å². The first-order valence-electron chi connectivity index (χ1n) is 4.48. The van der Waals surface area contributed by atoms with E-state index in [2.05, 4.69) is 10.2 Å². The van der Waals surface area contributed by atoms with Gasteiger partial charge in [0.25, 0.3) is 5.91 Å². The summed E-state index contributed by atoms with van der Waals surface area (Å²) in [5.74, 6) is 0.207. The molecule has 0 spiro atoms. The number of aliphatic hydroxyl groups is 1. The highest BCUT2D eigenvalue weighted by Gasteiger charge is 2.30. The summed E-state index contributed by atoms with van der Waals surface area (Å²) in [7, 11) is 0. The van der Waals surface area contributed by atoms with E-state index < -0.39 is 0 Å². The molecule has 0 bridgehead atoms. The number of hydrogen-bond acceptors (Lipinski definition) is 4. The van der Waals surface area contributed by atoms with Gasteiger partial charge in [-0.2, -0.15) is 10.2 Å². The number of likely N-dealkylation sites (tertiary alicyclic amines) is 1. The van der Waals surface area contributed by atoms with Gasteiger partial charge in [0.2, 0.25) is 0 Å². The van der Waals surface area contributed by atoms with Gasteiger partial charge in [-0.15, -0.1) is 0 Å². The number of aliphatic hydroxyl groups excluding tert-OH is 1. The van der Waals surface area contributed by atoms with Crippen LogP contribution in [0.15, 0.2) is 18.5 Å². The molecule has 1 aliphatic heterocycles. The van der Waals surface area contributed by atoms with E-state index in [1.807, 2.05) is 0 Å². The van der Waals surface area contributed by atoms with Gasteiger partial charge in [-0.05, 0) is 6.07 Å². The first kappa shape index (κ1) is 9.08. The van der Waals surface area contributed by atoms with E-state index in [0.29, 0.717) is 18.7 Å². The molecule has 2 heterocycles. The zero-order chi connectivity index (χ0) is 9.97. The SMILES string of the molecule is O=C(c1ccnnc1)N1CC(CO)C1. The molecule has 0 unspecified atom stereocenters. The lowest BCUT2D eigenvalue weighted by Gasteiger charge is -2.38. The van der Waals surface area contributed by atoms with Crippen LogP contribution in [0.25, 0.3) is 0 Å². The number of amides is 1. The second kappa shape index (κ2) is 3.71. The molecule has 0 atom stereocenters.